The number of hydrogen-bond donors (Lipinski definition) is 1. The van der Waals surface area contributed by atoms with Gasteiger partial charge in [0.05, 0.1) is 11.9 Å². The van der Waals surface area contributed by atoms with Gasteiger partial charge in [-0.3, -0.25) is 0 Å². The Labute approximate surface area is 137 Å². The van der Waals surface area contributed by atoms with E-state index in [1.807, 2.05) is 0 Å². The number of hydrogen-bond acceptors (Lipinski definition) is 5. The number of aliphatic carboxylic acids is 2. The molecular formula is C18H25NO4-2. The van der Waals surface area contributed by atoms with Gasteiger partial charge in [0.2, 0.25) is 0 Å². The van der Waals surface area contributed by atoms with Crippen LogP contribution in [-0.2, 0) is 22.4 Å². The third-order valence-electron chi connectivity index (χ3n) is 3.01. The number of carbonyl (C=O) groups excluding carboxylic acids is 2. The van der Waals surface area contributed by atoms with Crippen LogP contribution in [0.5, 0.6) is 0 Å². The van der Waals surface area contributed by atoms with Gasteiger partial charge in [-0.05, 0) is 49.5 Å². The van der Waals surface area contributed by atoms with Gasteiger partial charge in [0.15, 0.2) is 0 Å². The number of aryl methyl sites for hydroxylation is 1. The van der Waals surface area contributed by atoms with Crippen LogP contribution in [0.2, 0.25) is 0 Å². The molecule has 0 radical (unpaired) electrons. The summed E-state index contributed by atoms with van der Waals surface area (Å²) in [5.74, 6) is -3.09. The zero-order chi connectivity index (χ0) is 17.7. The Kier molecular flexibility index (Phi) is 11.3. The average molecular weight is 319 g/mol. The van der Waals surface area contributed by atoms with Gasteiger partial charge in [0.25, 0.3) is 0 Å². The molecule has 0 aliphatic rings. The molecule has 0 bridgehead atoms. The van der Waals surface area contributed by atoms with Crippen molar-refractivity contribution in [3.8, 4) is 0 Å². The predicted molar refractivity (Wildman–Crippen MR) is 86.2 cm³/mol. The summed E-state index contributed by atoms with van der Waals surface area (Å²) >= 11 is 0. The van der Waals surface area contributed by atoms with Crippen LogP contribution in [0.1, 0.15) is 44.2 Å². The van der Waals surface area contributed by atoms with E-state index in [4.69, 9.17) is 5.73 Å². The highest BCUT2D eigenvalue weighted by Gasteiger charge is 1.98. The second-order valence-electron chi connectivity index (χ2n) is 5.43. The highest BCUT2D eigenvalue weighted by molar-refractivity contribution is 5.87. The fourth-order valence-electron chi connectivity index (χ4n) is 1.93. The number of carboxylic acids is 2. The van der Waals surface area contributed by atoms with Crippen molar-refractivity contribution >= 4 is 11.9 Å². The third-order valence-corrected chi connectivity index (χ3v) is 3.01. The molecule has 1 aromatic rings. The lowest BCUT2D eigenvalue weighted by molar-refractivity contribution is -0.301. The van der Waals surface area contributed by atoms with Crippen LogP contribution < -0.4 is 15.9 Å². The van der Waals surface area contributed by atoms with E-state index in [-0.39, 0.29) is 6.04 Å². The van der Waals surface area contributed by atoms with E-state index in [2.05, 4.69) is 38.1 Å². The summed E-state index contributed by atoms with van der Waals surface area (Å²) in [4.78, 5) is 18.8. The Morgan fingerprint density at radius 2 is 1.52 bits per heavy atom. The van der Waals surface area contributed by atoms with E-state index >= 15 is 0 Å². The fraction of sp³-hybridized carbons (Fsp3) is 0.444. The monoisotopic (exact) mass is 319 g/mol. The molecule has 5 heteroatoms. The first-order valence-electron chi connectivity index (χ1n) is 7.78. The molecule has 1 rings (SSSR count). The van der Waals surface area contributed by atoms with Crippen LogP contribution in [-0.4, -0.2) is 18.0 Å². The zero-order valence-electron chi connectivity index (χ0n) is 13.8. The molecule has 0 fully saturated rings. The van der Waals surface area contributed by atoms with Crippen LogP contribution in [0, 0.1) is 0 Å². The van der Waals surface area contributed by atoms with Crippen molar-refractivity contribution in [1.29, 1.82) is 0 Å². The maximum Gasteiger partial charge on any atom is 0.0643 e. The van der Waals surface area contributed by atoms with Crippen molar-refractivity contribution in [1.82, 2.24) is 0 Å². The zero-order valence-corrected chi connectivity index (χ0v) is 13.8. The molecule has 5 nitrogen and oxygen atoms in total. The smallest absolute Gasteiger partial charge is 0.0643 e. The fourth-order valence-corrected chi connectivity index (χ4v) is 1.93. The summed E-state index contributed by atoms with van der Waals surface area (Å²) in [5.41, 5.74) is 8.57. The molecular weight excluding hydrogens is 294 g/mol. The second-order valence-corrected chi connectivity index (χ2v) is 5.43. The largest absolute Gasteiger partial charge is 0.545 e. The van der Waals surface area contributed by atoms with Gasteiger partial charge in [-0.15, -0.1) is 0 Å². The van der Waals surface area contributed by atoms with E-state index in [1.165, 1.54) is 36.8 Å². The summed E-state index contributed by atoms with van der Waals surface area (Å²) in [6.07, 6.45) is 6.90. The average Bonchev–Trinajstić information content (AvgIpc) is 2.47. The first-order chi connectivity index (χ1) is 10.8. The quantitative estimate of drug-likeness (QED) is 0.550. The van der Waals surface area contributed by atoms with Crippen molar-refractivity contribution in [2.45, 2.75) is 52.0 Å². The number of rotatable bonds is 8. The molecule has 1 unspecified atom stereocenters. The minimum atomic E-state index is -1.55. The van der Waals surface area contributed by atoms with Gasteiger partial charge < -0.3 is 25.5 Å². The van der Waals surface area contributed by atoms with Crippen molar-refractivity contribution < 1.29 is 19.8 Å². The Morgan fingerprint density at radius 1 is 1.04 bits per heavy atom. The van der Waals surface area contributed by atoms with E-state index < -0.39 is 11.9 Å². The third kappa shape index (κ3) is 13.3. The van der Waals surface area contributed by atoms with Crippen molar-refractivity contribution in [3.63, 3.8) is 0 Å². The number of carbonyl (C=O) groups is 2. The summed E-state index contributed by atoms with van der Waals surface area (Å²) in [7, 11) is 0. The highest BCUT2D eigenvalue weighted by atomic mass is 16.4. The van der Waals surface area contributed by atoms with Crippen molar-refractivity contribution in [3.05, 3.63) is 47.5 Å². The molecule has 0 heterocycles. The minimum Gasteiger partial charge on any atom is -0.545 e. The first-order valence-corrected chi connectivity index (χ1v) is 7.78. The van der Waals surface area contributed by atoms with Crippen LogP contribution in [0.15, 0.2) is 36.4 Å². The first kappa shape index (κ1) is 20.9. The Hall–Kier alpha value is -2.14. The number of nitrogens with two attached hydrogens (primary N) is 1. The van der Waals surface area contributed by atoms with E-state index in [0.29, 0.717) is 12.2 Å². The van der Waals surface area contributed by atoms with Gasteiger partial charge in [0, 0.05) is 6.04 Å². The Bertz CT molecular complexity index is 476. The molecule has 0 amide bonds. The predicted octanol–water partition coefficient (Wildman–Crippen LogP) is 0.351. The molecule has 0 saturated heterocycles. The molecule has 2 N–H and O–H groups in total. The van der Waals surface area contributed by atoms with Gasteiger partial charge in [0.1, 0.15) is 0 Å². The van der Waals surface area contributed by atoms with E-state index in [9.17, 15) is 19.8 Å². The summed E-state index contributed by atoms with van der Waals surface area (Å²) < 4.78 is 0. The molecule has 0 aliphatic heterocycles. The molecule has 1 atom stereocenters. The van der Waals surface area contributed by atoms with Crippen LogP contribution >= 0.6 is 0 Å². The number of benzene rings is 1. The summed E-state index contributed by atoms with van der Waals surface area (Å²) in [6, 6.07) is 9.17. The highest BCUT2D eigenvalue weighted by Crippen LogP contribution is 2.09. The van der Waals surface area contributed by atoms with Crippen molar-refractivity contribution in [2.24, 2.45) is 5.73 Å². The van der Waals surface area contributed by atoms with Crippen LogP contribution in [0.25, 0.3) is 0 Å². The molecule has 0 aromatic heterocycles. The molecule has 0 spiro atoms. The lowest BCUT2D eigenvalue weighted by Crippen LogP contribution is -2.23. The standard InChI is InChI=1S/C14H23N.C4H4O4/c1-3-4-5-6-13-7-9-14(10-8-13)11-12(2)15;5-3(6)1-2-4(7)8/h7-10,12H,3-6,11,15H2,1-2H3;1-2H,(H,5,6)(H,7,8)/p-2/b;2-1-. The molecule has 0 aliphatic carbocycles. The second kappa shape index (κ2) is 12.4. The molecule has 128 valence electrons. The van der Waals surface area contributed by atoms with E-state index in [0.717, 1.165) is 6.42 Å². The molecule has 1 aromatic carbocycles. The topological polar surface area (TPSA) is 106 Å². The normalized spacial score (nSPS) is 11.6. The molecule has 23 heavy (non-hydrogen) atoms. The van der Waals surface area contributed by atoms with Gasteiger partial charge >= 0.3 is 0 Å². The number of unbranched alkanes of at least 4 members (excludes halogenated alkanes) is 2. The number of carboxylic acid groups (broad SMARTS) is 2. The Balaban J connectivity index is 0.000000515. The minimum absolute atomic E-state index is 0.260. The van der Waals surface area contributed by atoms with Gasteiger partial charge in [-0.2, -0.15) is 0 Å². The van der Waals surface area contributed by atoms with Gasteiger partial charge in [-0.1, -0.05) is 44.0 Å². The maximum atomic E-state index is 9.41. The molecule has 0 saturated carbocycles. The summed E-state index contributed by atoms with van der Waals surface area (Å²) in [5, 5.41) is 18.8. The SMILES string of the molecule is CCCCCc1ccc(CC(C)N)cc1.O=C([O-])/C=C\C(=O)[O-]. The van der Waals surface area contributed by atoms with E-state index in [1.54, 1.807) is 0 Å². The van der Waals surface area contributed by atoms with Crippen molar-refractivity contribution in [2.75, 3.05) is 0 Å². The van der Waals surface area contributed by atoms with Crippen LogP contribution in [0.4, 0.5) is 0 Å². The Morgan fingerprint density at radius 3 is 1.91 bits per heavy atom. The maximum absolute atomic E-state index is 9.41. The summed E-state index contributed by atoms with van der Waals surface area (Å²) in [6.45, 7) is 4.29. The van der Waals surface area contributed by atoms with Crippen LogP contribution in [0.3, 0.4) is 0 Å². The lowest BCUT2D eigenvalue weighted by Gasteiger charge is -2.06. The lowest BCUT2D eigenvalue weighted by atomic mass is 10.0. The van der Waals surface area contributed by atoms with Gasteiger partial charge in [-0.25, -0.2) is 0 Å².